The quantitative estimate of drug-likeness (QED) is 0.647. The fraction of sp³-hybridized carbons (Fsp3) is 0.250. The molecule has 78 valence electrons. The lowest BCUT2D eigenvalue weighted by molar-refractivity contribution is -0.0328. The maximum absolute atomic E-state index is 12.0. The minimum absolute atomic E-state index is 0.0758. The number of hydrogen-bond acceptors (Lipinski definition) is 1. The molecule has 1 rings (SSSR count). The molecule has 0 aliphatic heterocycles. The smallest absolute Gasteiger partial charge is 0.160 e. The second-order valence-corrected chi connectivity index (χ2v) is 4.50. The highest BCUT2D eigenvalue weighted by molar-refractivity contribution is 8.00. The number of halogens is 5. The van der Waals surface area contributed by atoms with Gasteiger partial charge in [0.15, 0.2) is 0 Å². The predicted octanol–water partition coefficient (Wildman–Crippen LogP) is 4.91. The zero-order valence-corrected chi connectivity index (χ0v) is 9.28. The van der Waals surface area contributed by atoms with Crippen LogP contribution in [0.2, 0.25) is 10.0 Å². The van der Waals surface area contributed by atoms with Crippen molar-refractivity contribution in [2.45, 2.75) is 17.3 Å². The van der Waals surface area contributed by atoms with Crippen LogP contribution < -0.4 is 0 Å². The minimum atomic E-state index is -4.30. The topological polar surface area (TPSA) is 0 Å². The molecule has 0 nitrogen and oxygen atoms in total. The van der Waals surface area contributed by atoms with Gasteiger partial charge in [-0.2, -0.15) is 13.2 Å². The third-order valence-electron chi connectivity index (χ3n) is 1.44. The first-order valence-electron chi connectivity index (χ1n) is 3.51. The Balaban J connectivity index is 3.04. The molecule has 1 aromatic carbocycles. The summed E-state index contributed by atoms with van der Waals surface area (Å²) in [6.45, 7) is 1.55. The maximum Gasteiger partial charge on any atom is 0.446 e. The predicted molar refractivity (Wildman–Crippen MR) is 53.1 cm³/mol. The van der Waals surface area contributed by atoms with E-state index in [0.29, 0.717) is 5.56 Å². The molecule has 0 heterocycles. The van der Waals surface area contributed by atoms with E-state index in [4.69, 9.17) is 23.2 Å². The summed E-state index contributed by atoms with van der Waals surface area (Å²) in [5.74, 6) is 0. The lowest BCUT2D eigenvalue weighted by Crippen LogP contribution is -2.00. The summed E-state index contributed by atoms with van der Waals surface area (Å²) in [5.41, 5.74) is -3.84. The Hall–Kier alpha value is -0.0600. The summed E-state index contributed by atoms with van der Waals surface area (Å²) in [6.07, 6.45) is 0. The summed E-state index contributed by atoms with van der Waals surface area (Å²) in [5, 5.41) is 0.389. The van der Waals surface area contributed by atoms with Crippen LogP contribution in [-0.4, -0.2) is 5.51 Å². The van der Waals surface area contributed by atoms with Gasteiger partial charge in [0, 0.05) is 4.90 Å². The van der Waals surface area contributed by atoms with Gasteiger partial charge in [-0.1, -0.05) is 23.2 Å². The Morgan fingerprint density at radius 3 is 2.14 bits per heavy atom. The van der Waals surface area contributed by atoms with Crippen LogP contribution in [0, 0.1) is 6.92 Å². The third-order valence-corrected chi connectivity index (χ3v) is 3.06. The molecule has 0 fully saturated rings. The lowest BCUT2D eigenvalue weighted by Gasteiger charge is -2.09. The van der Waals surface area contributed by atoms with E-state index in [1.165, 1.54) is 12.1 Å². The van der Waals surface area contributed by atoms with E-state index < -0.39 is 5.51 Å². The zero-order chi connectivity index (χ0) is 10.9. The molecule has 0 saturated heterocycles. The summed E-state index contributed by atoms with van der Waals surface area (Å²) in [7, 11) is 0. The molecular weight excluding hydrogens is 256 g/mol. The van der Waals surface area contributed by atoms with Gasteiger partial charge in [0.25, 0.3) is 0 Å². The van der Waals surface area contributed by atoms with E-state index in [1.807, 2.05) is 0 Å². The average molecular weight is 261 g/mol. The Morgan fingerprint density at radius 1 is 1.14 bits per heavy atom. The molecule has 0 aliphatic rings. The van der Waals surface area contributed by atoms with Crippen molar-refractivity contribution in [1.82, 2.24) is 0 Å². The van der Waals surface area contributed by atoms with Crippen LogP contribution in [0.3, 0.4) is 0 Å². The van der Waals surface area contributed by atoms with Gasteiger partial charge >= 0.3 is 5.51 Å². The molecule has 0 amide bonds. The molecule has 0 radical (unpaired) electrons. The zero-order valence-electron chi connectivity index (χ0n) is 6.95. The highest BCUT2D eigenvalue weighted by Gasteiger charge is 2.30. The number of alkyl halides is 3. The molecular formula is C8H5Cl2F3S. The summed E-state index contributed by atoms with van der Waals surface area (Å²) >= 11 is 11.0. The van der Waals surface area contributed by atoms with Gasteiger partial charge < -0.3 is 0 Å². The molecule has 0 aromatic heterocycles. The van der Waals surface area contributed by atoms with Crippen LogP contribution in [0.5, 0.6) is 0 Å². The highest BCUT2D eigenvalue weighted by atomic mass is 35.5. The van der Waals surface area contributed by atoms with Crippen LogP contribution in [-0.2, 0) is 0 Å². The Kier molecular flexibility index (Phi) is 3.61. The van der Waals surface area contributed by atoms with Gasteiger partial charge in [0.2, 0.25) is 0 Å². The standard InChI is InChI=1S/C8H5Cl2F3S/c1-4-2-5(9)6(10)3-7(4)14-8(11,12)13/h2-3H,1H3. The van der Waals surface area contributed by atoms with Crippen molar-refractivity contribution in [1.29, 1.82) is 0 Å². The lowest BCUT2D eigenvalue weighted by atomic mass is 10.2. The normalized spacial score (nSPS) is 11.9. The summed E-state index contributed by atoms with van der Waals surface area (Å²) < 4.78 is 36.1. The maximum atomic E-state index is 12.0. The molecule has 14 heavy (non-hydrogen) atoms. The fourth-order valence-corrected chi connectivity index (χ4v) is 1.96. The molecule has 0 unspecified atom stereocenters. The van der Waals surface area contributed by atoms with Crippen molar-refractivity contribution in [3.8, 4) is 0 Å². The van der Waals surface area contributed by atoms with E-state index in [-0.39, 0.29) is 26.7 Å². The number of hydrogen-bond donors (Lipinski definition) is 0. The molecule has 0 N–H and O–H groups in total. The molecule has 0 atom stereocenters. The van der Waals surface area contributed by atoms with Gasteiger partial charge in [-0.25, -0.2) is 0 Å². The van der Waals surface area contributed by atoms with Crippen LogP contribution in [0.4, 0.5) is 13.2 Å². The van der Waals surface area contributed by atoms with Crippen LogP contribution in [0.1, 0.15) is 5.56 Å². The van der Waals surface area contributed by atoms with Crippen molar-refractivity contribution in [2.24, 2.45) is 0 Å². The van der Waals surface area contributed by atoms with Gasteiger partial charge in [0.1, 0.15) is 0 Å². The minimum Gasteiger partial charge on any atom is -0.160 e. The van der Waals surface area contributed by atoms with Crippen molar-refractivity contribution in [3.05, 3.63) is 27.7 Å². The molecule has 0 saturated carbocycles. The first-order chi connectivity index (χ1) is 6.29. The average Bonchev–Trinajstić information content (AvgIpc) is 1.97. The van der Waals surface area contributed by atoms with Crippen LogP contribution >= 0.6 is 35.0 Å². The largest absolute Gasteiger partial charge is 0.446 e. The molecule has 0 spiro atoms. The van der Waals surface area contributed by atoms with Gasteiger partial charge in [-0.3, -0.25) is 0 Å². The molecule has 1 aromatic rings. The van der Waals surface area contributed by atoms with E-state index in [2.05, 4.69) is 0 Å². The number of rotatable bonds is 1. The van der Waals surface area contributed by atoms with Crippen molar-refractivity contribution in [2.75, 3.05) is 0 Å². The highest BCUT2D eigenvalue weighted by Crippen LogP contribution is 2.40. The first kappa shape index (κ1) is 12.0. The van der Waals surface area contributed by atoms with Crippen molar-refractivity contribution < 1.29 is 13.2 Å². The Labute approximate surface area is 93.4 Å². The van der Waals surface area contributed by atoms with Crippen LogP contribution in [0.15, 0.2) is 17.0 Å². The number of benzene rings is 1. The third kappa shape index (κ3) is 3.26. The fourth-order valence-electron chi connectivity index (χ4n) is 0.863. The number of aryl methyl sites for hydroxylation is 1. The van der Waals surface area contributed by atoms with E-state index in [1.54, 1.807) is 6.92 Å². The van der Waals surface area contributed by atoms with Crippen molar-refractivity contribution in [3.63, 3.8) is 0 Å². The molecule has 0 bridgehead atoms. The Morgan fingerprint density at radius 2 is 1.64 bits per heavy atom. The molecule has 6 heteroatoms. The second-order valence-electron chi connectivity index (χ2n) is 2.58. The van der Waals surface area contributed by atoms with E-state index in [9.17, 15) is 13.2 Å². The summed E-state index contributed by atoms with van der Waals surface area (Å²) in [6, 6.07) is 2.63. The van der Waals surface area contributed by atoms with Crippen molar-refractivity contribution >= 4 is 35.0 Å². The van der Waals surface area contributed by atoms with Gasteiger partial charge in [0.05, 0.1) is 10.0 Å². The second kappa shape index (κ2) is 4.21. The SMILES string of the molecule is Cc1cc(Cl)c(Cl)cc1SC(F)(F)F. The monoisotopic (exact) mass is 260 g/mol. The first-order valence-corrected chi connectivity index (χ1v) is 5.08. The van der Waals surface area contributed by atoms with E-state index in [0.717, 1.165) is 0 Å². The number of thioether (sulfide) groups is 1. The summed E-state index contributed by atoms with van der Waals surface area (Å²) in [4.78, 5) is 0.0758. The van der Waals surface area contributed by atoms with Crippen LogP contribution in [0.25, 0.3) is 0 Å². The van der Waals surface area contributed by atoms with E-state index >= 15 is 0 Å². The van der Waals surface area contributed by atoms with Gasteiger partial charge in [-0.15, -0.1) is 0 Å². The van der Waals surface area contributed by atoms with Gasteiger partial charge in [-0.05, 0) is 36.4 Å². The Bertz CT molecular complexity index is 349. The molecule has 0 aliphatic carbocycles.